The summed E-state index contributed by atoms with van der Waals surface area (Å²) in [6.45, 7) is 7.35. The van der Waals surface area contributed by atoms with E-state index >= 15 is 0 Å². The van der Waals surface area contributed by atoms with Gasteiger partial charge in [0.1, 0.15) is 0 Å². The zero-order valence-corrected chi connectivity index (χ0v) is 14.6. The summed E-state index contributed by atoms with van der Waals surface area (Å²) in [4.78, 5) is 10.3. The Morgan fingerprint density at radius 3 is 2.78 bits per heavy atom. The molecule has 4 heteroatoms. The van der Waals surface area contributed by atoms with Gasteiger partial charge in [-0.05, 0) is 44.0 Å². The Balaban J connectivity index is 2.04. The monoisotopic (exact) mass is 323 g/mol. The number of nitrogens with one attached hydrogen (secondary N) is 1. The molecule has 0 radical (unpaired) electrons. The van der Waals surface area contributed by atoms with Crippen molar-refractivity contribution in [1.82, 2.24) is 9.97 Å². The summed E-state index contributed by atoms with van der Waals surface area (Å²) in [5.41, 5.74) is 5.85. The van der Waals surface area contributed by atoms with Crippen LogP contribution in [0.25, 0.3) is 21.7 Å². The van der Waals surface area contributed by atoms with Gasteiger partial charge in [-0.1, -0.05) is 36.0 Å². The van der Waals surface area contributed by atoms with Crippen LogP contribution in [0.4, 0.5) is 5.13 Å². The van der Waals surface area contributed by atoms with E-state index in [0.29, 0.717) is 0 Å². The van der Waals surface area contributed by atoms with Gasteiger partial charge in [0.2, 0.25) is 0 Å². The number of anilines is 1. The molecule has 0 aliphatic heterocycles. The number of nitrogens with zero attached hydrogens (tertiary/aromatic N) is 2. The molecule has 0 fully saturated rings. The van der Waals surface area contributed by atoms with Crippen LogP contribution in [0.15, 0.2) is 42.7 Å². The van der Waals surface area contributed by atoms with E-state index < -0.39 is 0 Å². The number of aromatic nitrogens is 2. The normalized spacial score (nSPS) is 10.7. The van der Waals surface area contributed by atoms with Gasteiger partial charge in [0, 0.05) is 30.1 Å². The summed E-state index contributed by atoms with van der Waals surface area (Å²) in [5.74, 6) is 0. The van der Waals surface area contributed by atoms with Gasteiger partial charge in [-0.2, -0.15) is 0 Å². The molecule has 0 spiro atoms. The summed E-state index contributed by atoms with van der Waals surface area (Å²) in [6, 6.07) is 10.6. The number of pyridine rings is 1. The summed E-state index contributed by atoms with van der Waals surface area (Å²) in [7, 11) is 0. The highest BCUT2D eigenvalue weighted by Gasteiger charge is 2.13. The fourth-order valence-corrected chi connectivity index (χ4v) is 3.39. The lowest BCUT2D eigenvalue weighted by molar-refractivity contribution is 0.976. The molecule has 1 N–H and O–H groups in total. The molecule has 2 heterocycles. The van der Waals surface area contributed by atoms with Crippen molar-refractivity contribution < 1.29 is 0 Å². The van der Waals surface area contributed by atoms with Crippen LogP contribution in [0.1, 0.15) is 24.5 Å². The van der Waals surface area contributed by atoms with Crippen LogP contribution in [0, 0.1) is 13.8 Å². The van der Waals surface area contributed by atoms with Gasteiger partial charge >= 0.3 is 0 Å². The SMILES string of the molecule is CCCNc1ncc(-c2cccnc2-c2cc(C)ccc2C)s1. The zero-order chi connectivity index (χ0) is 16.2. The van der Waals surface area contributed by atoms with E-state index in [1.54, 1.807) is 11.3 Å². The van der Waals surface area contributed by atoms with Crippen molar-refractivity contribution in [1.29, 1.82) is 0 Å². The molecular weight excluding hydrogens is 302 g/mol. The van der Waals surface area contributed by atoms with E-state index in [-0.39, 0.29) is 0 Å². The minimum absolute atomic E-state index is 0.948. The van der Waals surface area contributed by atoms with E-state index in [9.17, 15) is 0 Å². The molecule has 0 atom stereocenters. The molecule has 0 bridgehead atoms. The van der Waals surface area contributed by atoms with Gasteiger partial charge < -0.3 is 5.32 Å². The molecule has 1 aromatic carbocycles. The van der Waals surface area contributed by atoms with E-state index in [0.717, 1.165) is 34.2 Å². The van der Waals surface area contributed by atoms with Gasteiger partial charge in [0.25, 0.3) is 0 Å². The maximum absolute atomic E-state index is 4.66. The quantitative estimate of drug-likeness (QED) is 0.691. The molecule has 0 saturated carbocycles. The molecule has 3 rings (SSSR count). The average Bonchev–Trinajstić information content (AvgIpc) is 3.04. The lowest BCUT2D eigenvalue weighted by atomic mass is 9.98. The number of benzene rings is 1. The third-order valence-electron chi connectivity index (χ3n) is 3.75. The predicted octanol–water partition coefficient (Wildman–Crippen LogP) is 5.31. The second kappa shape index (κ2) is 6.92. The Hall–Kier alpha value is -2.20. The minimum atomic E-state index is 0.948. The Labute approximate surface area is 141 Å². The third-order valence-corrected chi connectivity index (χ3v) is 4.74. The first-order valence-corrected chi connectivity index (χ1v) is 8.73. The van der Waals surface area contributed by atoms with Gasteiger partial charge in [-0.3, -0.25) is 4.98 Å². The molecule has 0 unspecified atom stereocenters. The fraction of sp³-hybridized carbons (Fsp3) is 0.263. The Morgan fingerprint density at radius 1 is 1.09 bits per heavy atom. The second-order valence-corrected chi connectivity index (χ2v) is 6.71. The Morgan fingerprint density at radius 2 is 1.96 bits per heavy atom. The maximum Gasteiger partial charge on any atom is 0.183 e. The molecule has 23 heavy (non-hydrogen) atoms. The fourth-order valence-electron chi connectivity index (χ4n) is 2.52. The second-order valence-electron chi connectivity index (χ2n) is 5.67. The van der Waals surface area contributed by atoms with Gasteiger partial charge in [0.05, 0.1) is 10.6 Å². The van der Waals surface area contributed by atoms with Crippen molar-refractivity contribution in [3.63, 3.8) is 0 Å². The van der Waals surface area contributed by atoms with E-state index in [1.807, 2.05) is 18.5 Å². The van der Waals surface area contributed by atoms with E-state index in [2.05, 4.69) is 60.3 Å². The van der Waals surface area contributed by atoms with Crippen molar-refractivity contribution in [3.05, 3.63) is 53.9 Å². The predicted molar refractivity (Wildman–Crippen MR) is 99.0 cm³/mol. The molecule has 0 saturated heterocycles. The smallest absolute Gasteiger partial charge is 0.183 e. The molecular formula is C19H21N3S. The molecule has 3 nitrogen and oxygen atoms in total. The Bertz CT molecular complexity index is 808. The number of thiazole rings is 1. The first-order chi connectivity index (χ1) is 11.2. The van der Waals surface area contributed by atoms with Crippen LogP contribution < -0.4 is 5.32 Å². The molecule has 2 aromatic heterocycles. The average molecular weight is 323 g/mol. The molecule has 118 valence electrons. The molecule has 0 aliphatic carbocycles. The maximum atomic E-state index is 4.66. The number of aryl methyl sites for hydroxylation is 2. The highest BCUT2D eigenvalue weighted by molar-refractivity contribution is 7.18. The summed E-state index contributed by atoms with van der Waals surface area (Å²) >= 11 is 1.68. The first-order valence-electron chi connectivity index (χ1n) is 7.91. The van der Waals surface area contributed by atoms with Crippen LogP contribution in [-0.4, -0.2) is 16.5 Å². The molecule has 3 aromatic rings. The minimum Gasteiger partial charge on any atom is -0.362 e. The van der Waals surface area contributed by atoms with Crippen molar-refractivity contribution in [2.24, 2.45) is 0 Å². The van der Waals surface area contributed by atoms with Crippen LogP contribution in [0.3, 0.4) is 0 Å². The first kappa shape index (κ1) is 15.7. The highest BCUT2D eigenvalue weighted by atomic mass is 32.1. The molecule has 0 aliphatic rings. The lowest BCUT2D eigenvalue weighted by Crippen LogP contribution is -1.97. The highest BCUT2D eigenvalue weighted by Crippen LogP contribution is 2.36. The van der Waals surface area contributed by atoms with Crippen LogP contribution in [-0.2, 0) is 0 Å². The number of hydrogen-bond donors (Lipinski definition) is 1. The lowest BCUT2D eigenvalue weighted by Gasteiger charge is -2.10. The van der Waals surface area contributed by atoms with Crippen molar-refractivity contribution >= 4 is 16.5 Å². The van der Waals surface area contributed by atoms with Gasteiger partial charge in [0.15, 0.2) is 5.13 Å². The summed E-state index contributed by atoms with van der Waals surface area (Å²) in [6.07, 6.45) is 4.89. The van der Waals surface area contributed by atoms with Crippen LogP contribution in [0.2, 0.25) is 0 Å². The van der Waals surface area contributed by atoms with Gasteiger partial charge in [-0.15, -0.1) is 0 Å². The number of rotatable bonds is 5. The van der Waals surface area contributed by atoms with Gasteiger partial charge in [-0.25, -0.2) is 4.98 Å². The van der Waals surface area contributed by atoms with Crippen molar-refractivity contribution in [2.75, 3.05) is 11.9 Å². The van der Waals surface area contributed by atoms with E-state index in [4.69, 9.17) is 0 Å². The van der Waals surface area contributed by atoms with Crippen molar-refractivity contribution in [2.45, 2.75) is 27.2 Å². The van der Waals surface area contributed by atoms with Crippen molar-refractivity contribution in [3.8, 4) is 21.7 Å². The zero-order valence-electron chi connectivity index (χ0n) is 13.8. The largest absolute Gasteiger partial charge is 0.362 e. The summed E-state index contributed by atoms with van der Waals surface area (Å²) < 4.78 is 0. The van der Waals surface area contributed by atoms with Crippen LogP contribution >= 0.6 is 11.3 Å². The van der Waals surface area contributed by atoms with E-state index in [1.165, 1.54) is 16.7 Å². The van der Waals surface area contributed by atoms with Crippen LogP contribution in [0.5, 0.6) is 0 Å². The third kappa shape index (κ3) is 3.42. The molecule has 0 amide bonds. The summed E-state index contributed by atoms with van der Waals surface area (Å²) in [5, 5.41) is 4.32. The standard InChI is InChI=1S/C19H21N3S/c1-4-9-21-19-22-12-17(23-19)15-6-5-10-20-18(15)16-11-13(2)7-8-14(16)3/h5-8,10-12H,4,9H2,1-3H3,(H,21,22). The number of hydrogen-bond acceptors (Lipinski definition) is 4. The topological polar surface area (TPSA) is 37.8 Å². The Kier molecular flexibility index (Phi) is 4.72.